The molecular weight excluding hydrogens is 212 g/mol. The summed E-state index contributed by atoms with van der Waals surface area (Å²) < 4.78 is 10.5. The molecule has 2 unspecified atom stereocenters. The Labute approximate surface area is 92.2 Å². The Morgan fingerprint density at radius 3 is 2.62 bits per heavy atom. The molecule has 5 nitrogen and oxygen atoms in total. The number of hydrogen-bond donors (Lipinski definition) is 2. The van der Waals surface area contributed by atoms with Crippen molar-refractivity contribution in [1.29, 1.82) is 0 Å². The molecule has 2 rings (SSSR count). The molecule has 1 aromatic rings. The lowest BCUT2D eigenvalue weighted by atomic mass is 10.0. The van der Waals surface area contributed by atoms with Crippen LogP contribution in [0.25, 0.3) is 0 Å². The van der Waals surface area contributed by atoms with Crippen LogP contribution < -0.4 is 0 Å². The van der Waals surface area contributed by atoms with Gasteiger partial charge in [-0.1, -0.05) is 18.2 Å². The van der Waals surface area contributed by atoms with Crippen molar-refractivity contribution in [2.75, 3.05) is 13.2 Å². The van der Waals surface area contributed by atoms with Gasteiger partial charge in [-0.05, 0) is 6.07 Å². The standard InChI is InChI=1S/C11H12O5/c12-8-4-2-1-3-7(8)9-10(11(13)14)16-6-5-15-9/h1-4,9-10,12H,5-6H2,(H,13,14). The molecule has 0 radical (unpaired) electrons. The summed E-state index contributed by atoms with van der Waals surface area (Å²) in [7, 11) is 0. The van der Waals surface area contributed by atoms with Crippen molar-refractivity contribution in [2.24, 2.45) is 0 Å². The average Bonchev–Trinajstić information content (AvgIpc) is 2.29. The van der Waals surface area contributed by atoms with Gasteiger partial charge in [0.2, 0.25) is 0 Å². The Morgan fingerprint density at radius 2 is 1.94 bits per heavy atom. The SMILES string of the molecule is O=C(O)C1OCCOC1c1ccccc1O. The first-order valence-corrected chi connectivity index (χ1v) is 4.94. The van der Waals surface area contributed by atoms with Crippen molar-refractivity contribution in [2.45, 2.75) is 12.2 Å². The van der Waals surface area contributed by atoms with E-state index in [-0.39, 0.29) is 12.4 Å². The lowest BCUT2D eigenvalue weighted by Crippen LogP contribution is -2.38. The third-order valence-corrected chi connectivity index (χ3v) is 2.44. The second-order valence-electron chi connectivity index (χ2n) is 3.48. The quantitative estimate of drug-likeness (QED) is 0.781. The number of aliphatic carboxylic acids is 1. The predicted octanol–water partition coefficient (Wildman–Crippen LogP) is 0.933. The first kappa shape index (κ1) is 10.9. The van der Waals surface area contributed by atoms with Gasteiger partial charge in [0.25, 0.3) is 0 Å². The van der Waals surface area contributed by atoms with E-state index in [1.165, 1.54) is 6.07 Å². The molecule has 16 heavy (non-hydrogen) atoms. The molecule has 0 spiro atoms. The summed E-state index contributed by atoms with van der Waals surface area (Å²) in [5.41, 5.74) is 0.439. The number of rotatable bonds is 2. The van der Waals surface area contributed by atoms with Gasteiger partial charge in [-0.2, -0.15) is 0 Å². The molecule has 0 bridgehead atoms. The molecule has 1 aliphatic rings. The predicted molar refractivity (Wildman–Crippen MR) is 54.2 cm³/mol. The highest BCUT2D eigenvalue weighted by Crippen LogP contribution is 2.32. The van der Waals surface area contributed by atoms with Crippen molar-refractivity contribution in [3.63, 3.8) is 0 Å². The summed E-state index contributed by atoms with van der Waals surface area (Å²) in [4.78, 5) is 11.0. The summed E-state index contributed by atoms with van der Waals surface area (Å²) in [6, 6.07) is 6.50. The molecule has 1 heterocycles. The van der Waals surface area contributed by atoms with Gasteiger partial charge in [0.1, 0.15) is 11.9 Å². The first-order valence-electron chi connectivity index (χ1n) is 4.94. The van der Waals surface area contributed by atoms with Crippen LogP contribution in [-0.4, -0.2) is 35.5 Å². The van der Waals surface area contributed by atoms with Gasteiger partial charge < -0.3 is 19.7 Å². The van der Waals surface area contributed by atoms with Gasteiger partial charge in [0, 0.05) is 5.56 Å². The number of aromatic hydroxyl groups is 1. The molecule has 0 aliphatic carbocycles. The molecule has 1 aromatic carbocycles. The zero-order chi connectivity index (χ0) is 11.5. The van der Waals surface area contributed by atoms with Gasteiger partial charge in [-0.25, -0.2) is 4.79 Å². The zero-order valence-corrected chi connectivity index (χ0v) is 8.50. The van der Waals surface area contributed by atoms with Crippen molar-refractivity contribution in [3.05, 3.63) is 29.8 Å². The smallest absolute Gasteiger partial charge is 0.335 e. The monoisotopic (exact) mass is 224 g/mol. The molecule has 0 amide bonds. The number of benzene rings is 1. The molecule has 1 fully saturated rings. The number of carbonyl (C=O) groups is 1. The van der Waals surface area contributed by atoms with Crippen LogP contribution in [0.5, 0.6) is 5.75 Å². The van der Waals surface area contributed by atoms with Gasteiger partial charge in [-0.15, -0.1) is 0 Å². The van der Waals surface area contributed by atoms with E-state index in [2.05, 4.69) is 0 Å². The van der Waals surface area contributed by atoms with Crippen LogP contribution in [0.2, 0.25) is 0 Å². The van der Waals surface area contributed by atoms with Crippen LogP contribution in [0.3, 0.4) is 0 Å². The van der Waals surface area contributed by atoms with Gasteiger partial charge in [0.15, 0.2) is 6.10 Å². The van der Waals surface area contributed by atoms with E-state index >= 15 is 0 Å². The van der Waals surface area contributed by atoms with Crippen molar-refractivity contribution in [3.8, 4) is 5.75 Å². The van der Waals surface area contributed by atoms with Crippen LogP contribution in [0, 0.1) is 0 Å². The Bertz CT molecular complexity index is 390. The zero-order valence-electron chi connectivity index (χ0n) is 8.50. The maximum atomic E-state index is 11.0. The Hall–Kier alpha value is -1.59. The highest BCUT2D eigenvalue weighted by Gasteiger charge is 2.35. The fourth-order valence-electron chi connectivity index (χ4n) is 1.71. The first-order chi connectivity index (χ1) is 7.70. The summed E-state index contributed by atoms with van der Waals surface area (Å²) in [5, 5.41) is 18.6. The number of phenols is 1. The minimum absolute atomic E-state index is 0.0178. The van der Waals surface area contributed by atoms with Crippen LogP contribution >= 0.6 is 0 Å². The number of hydrogen-bond acceptors (Lipinski definition) is 4. The van der Waals surface area contributed by atoms with E-state index in [1.54, 1.807) is 18.2 Å². The molecule has 1 aliphatic heterocycles. The molecular formula is C11H12O5. The van der Waals surface area contributed by atoms with E-state index in [1.807, 2.05) is 0 Å². The van der Waals surface area contributed by atoms with Crippen molar-refractivity contribution in [1.82, 2.24) is 0 Å². The van der Waals surface area contributed by atoms with Crippen molar-refractivity contribution >= 4 is 5.97 Å². The summed E-state index contributed by atoms with van der Waals surface area (Å²) in [6.07, 6.45) is -1.82. The van der Waals surface area contributed by atoms with Gasteiger partial charge in [-0.3, -0.25) is 0 Å². The maximum Gasteiger partial charge on any atom is 0.335 e. The number of phenolic OH excluding ortho intramolecular Hbond substituents is 1. The molecule has 5 heteroatoms. The number of ether oxygens (including phenoxy) is 2. The van der Waals surface area contributed by atoms with Crippen LogP contribution in [0.15, 0.2) is 24.3 Å². The molecule has 0 saturated carbocycles. The molecule has 2 atom stereocenters. The average molecular weight is 224 g/mol. The highest BCUT2D eigenvalue weighted by atomic mass is 16.6. The topological polar surface area (TPSA) is 76.0 Å². The van der Waals surface area contributed by atoms with Gasteiger partial charge >= 0.3 is 5.97 Å². The Kier molecular flexibility index (Phi) is 3.07. The summed E-state index contributed by atoms with van der Waals surface area (Å²) in [6.45, 7) is 0.573. The van der Waals surface area contributed by atoms with Crippen LogP contribution in [0.4, 0.5) is 0 Å². The second kappa shape index (κ2) is 4.51. The van der Waals surface area contributed by atoms with E-state index < -0.39 is 18.2 Å². The van der Waals surface area contributed by atoms with E-state index in [0.717, 1.165) is 0 Å². The lowest BCUT2D eigenvalue weighted by Gasteiger charge is -2.29. The Morgan fingerprint density at radius 1 is 1.25 bits per heavy atom. The normalized spacial score (nSPS) is 25.2. The van der Waals surface area contributed by atoms with E-state index in [4.69, 9.17) is 14.6 Å². The molecule has 1 saturated heterocycles. The summed E-state index contributed by atoms with van der Waals surface area (Å²) in [5.74, 6) is -1.07. The largest absolute Gasteiger partial charge is 0.508 e. The minimum atomic E-state index is -1.09. The minimum Gasteiger partial charge on any atom is -0.508 e. The highest BCUT2D eigenvalue weighted by molar-refractivity contribution is 5.73. The lowest BCUT2D eigenvalue weighted by molar-refractivity contribution is -0.181. The van der Waals surface area contributed by atoms with Gasteiger partial charge in [0.05, 0.1) is 13.2 Å². The summed E-state index contributed by atoms with van der Waals surface area (Å²) >= 11 is 0. The number of para-hydroxylation sites is 1. The third kappa shape index (κ3) is 2.00. The molecule has 0 aromatic heterocycles. The molecule has 86 valence electrons. The third-order valence-electron chi connectivity index (χ3n) is 2.44. The van der Waals surface area contributed by atoms with E-state index in [0.29, 0.717) is 12.2 Å². The second-order valence-corrected chi connectivity index (χ2v) is 3.48. The fourth-order valence-corrected chi connectivity index (χ4v) is 1.71. The fraction of sp³-hybridized carbons (Fsp3) is 0.364. The van der Waals surface area contributed by atoms with Crippen LogP contribution in [-0.2, 0) is 14.3 Å². The van der Waals surface area contributed by atoms with Crippen molar-refractivity contribution < 1.29 is 24.5 Å². The number of carboxylic acids is 1. The Balaban J connectivity index is 2.30. The number of carboxylic acid groups (broad SMARTS) is 1. The maximum absolute atomic E-state index is 11.0. The van der Waals surface area contributed by atoms with Crippen LogP contribution in [0.1, 0.15) is 11.7 Å². The molecule has 2 N–H and O–H groups in total. The van der Waals surface area contributed by atoms with E-state index in [9.17, 15) is 9.90 Å².